The van der Waals surface area contributed by atoms with Gasteiger partial charge in [0.25, 0.3) is 0 Å². The molecule has 1 aromatic rings. The number of sulfonamides is 1. The van der Waals surface area contributed by atoms with Crippen LogP contribution in [0.4, 0.5) is 0 Å². The molecule has 2 unspecified atom stereocenters. The average molecular weight is 299 g/mol. The fraction of sp³-hybridized carbons (Fsp3) is 0.571. The van der Waals surface area contributed by atoms with Gasteiger partial charge in [-0.3, -0.25) is 0 Å². The molecule has 5 nitrogen and oxygen atoms in total. The van der Waals surface area contributed by atoms with Crippen molar-refractivity contribution in [3.63, 3.8) is 0 Å². The van der Waals surface area contributed by atoms with Crippen molar-refractivity contribution in [1.29, 1.82) is 0 Å². The molecule has 0 saturated carbocycles. The smallest absolute Gasteiger partial charge is 0.243 e. The van der Waals surface area contributed by atoms with Crippen LogP contribution in [0, 0.1) is 5.92 Å². The van der Waals surface area contributed by atoms with Crippen LogP contribution < -0.4 is 4.74 Å². The van der Waals surface area contributed by atoms with Crippen LogP contribution in [-0.2, 0) is 16.6 Å². The van der Waals surface area contributed by atoms with Crippen molar-refractivity contribution in [2.24, 2.45) is 5.92 Å². The van der Waals surface area contributed by atoms with Gasteiger partial charge >= 0.3 is 0 Å². The first-order valence-electron chi connectivity index (χ1n) is 6.69. The van der Waals surface area contributed by atoms with Gasteiger partial charge in [-0.15, -0.1) is 0 Å². The van der Waals surface area contributed by atoms with Crippen molar-refractivity contribution in [2.75, 3.05) is 13.7 Å². The first-order chi connectivity index (χ1) is 9.40. The summed E-state index contributed by atoms with van der Waals surface area (Å²) in [5.74, 6) is 0.865. The number of aliphatic hydroxyl groups is 1. The van der Waals surface area contributed by atoms with Gasteiger partial charge in [-0.2, -0.15) is 4.31 Å². The van der Waals surface area contributed by atoms with E-state index in [2.05, 4.69) is 6.92 Å². The fourth-order valence-electron chi connectivity index (χ4n) is 2.77. The Morgan fingerprint density at radius 3 is 2.60 bits per heavy atom. The molecule has 0 bridgehead atoms. The molecule has 0 aromatic heterocycles. The maximum Gasteiger partial charge on any atom is 0.243 e. The van der Waals surface area contributed by atoms with Gasteiger partial charge in [0.2, 0.25) is 10.0 Å². The van der Waals surface area contributed by atoms with Crippen LogP contribution in [0.1, 0.15) is 25.8 Å². The van der Waals surface area contributed by atoms with Gasteiger partial charge in [0.15, 0.2) is 0 Å². The Morgan fingerprint density at radius 1 is 1.40 bits per heavy atom. The van der Waals surface area contributed by atoms with E-state index in [0.717, 1.165) is 6.42 Å². The second-order valence-corrected chi connectivity index (χ2v) is 7.29. The molecule has 1 heterocycles. The molecule has 1 aliphatic rings. The van der Waals surface area contributed by atoms with Crippen molar-refractivity contribution in [1.82, 2.24) is 4.31 Å². The van der Waals surface area contributed by atoms with Crippen molar-refractivity contribution in [3.8, 4) is 5.75 Å². The summed E-state index contributed by atoms with van der Waals surface area (Å²) in [5.41, 5.74) is 0.480. The normalized spacial score (nSPS) is 24.0. The Morgan fingerprint density at radius 2 is 2.10 bits per heavy atom. The lowest BCUT2D eigenvalue weighted by Crippen LogP contribution is -2.34. The van der Waals surface area contributed by atoms with Crippen LogP contribution in [0.3, 0.4) is 0 Å². The lowest BCUT2D eigenvalue weighted by molar-refractivity contribution is 0.273. The topological polar surface area (TPSA) is 66.8 Å². The number of nitrogens with zero attached hydrogens (tertiary/aromatic N) is 1. The van der Waals surface area contributed by atoms with E-state index >= 15 is 0 Å². The molecule has 112 valence electrons. The van der Waals surface area contributed by atoms with E-state index in [4.69, 9.17) is 4.74 Å². The third-order valence-corrected chi connectivity index (χ3v) is 5.73. The molecule has 1 aliphatic heterocycles. The van der Waals surface area contributed by atoms with Crippen LogP contribution in [-0.4, -0.2) is 37.5 Å². The molecule has 6 heteroatoms. The number of ether oxygens (including phenoxy) is 1. The largest absolute Gasteiger partial charge is 0.496 e. The first kappa shape index (κ1) is 15.3. The maximum absolute atomic E-state index is 12.7. The highest BCUT2D eigenvalue weighted by Gasteiger charge is 2.36. The minimum atomic E-state index is -3.51. The van der Waals surface area contributed by atoms with Gasteiger partial charge in [-0.1, -0.05) is 6.92 Å². The molecular formula is C14H21NO4S. The van der Waals surface area contributed by atoms with E-state index in [1.165, 1.54) is 19.2 Å². The van der Waals surface area contributed by atoms with Gasteiger partial charge < -0.3 is 9.84 Å². The summed E-state index contributed by atoms with van der Waals surface area (Å²) in [4.78, 5) is 0.211. The Labute approximate surface area is 120 Å². The van der Waals surface area contributed by atoms with E-state index in [1.807, 2.05) is 6.92 Å². The van der Waals surface area contributed by atoms with Crippen molar-refractivity contribution in [2.45, 2.75) is 37.8 Å². The number of benzene rings is 1. The van der Waals surface area contributed by atoms with Gasteiger partial charge in [-0.25, -0.2) is 8.42 Å². The standard InChI is InChI=1S/C14H21NO4S/c1-10-6-11(2)15(8-10)20(17,18)13-4-5-14(19-3)12(7-13)9-16/h4-5,7,10-11,16H,6,8-9H2,1-3H3. The third kappa shape index (κ3) is 2.68. The molecule has 1 N–H and O–H groups in total. The van der Waals surface area contributed by atoms with Crippen LogP contribution in [0.2, 0.25) is 0 Å². The summed E-state index contributed by atoms with van der Waals surface area (Å²) in [6.07, 6.45) is 0.877. The summed E-state index contributed by atoms with van der Waals surface area (Å²) < 4.78 is 32.0. The monoisotopic (exact) mass is 299 g/mol. The summed E-state index contributed by atoms with van der Waals surface area (Å²) >= 11 is 0. The molecular weight excluding hydrogens is 278 g/mol. The number of aliphatic hydroxyl groups excluding tert-OH is 1. The SMILES string of the molecule is COc1ccc(S(=O)(=O)N2CC(C)CC2C)cc1CO. The molecule has 0 aliphatic carbocycles. The molecule has 0 radical (unpaired) electrons. The lowest BCUT2D eigenvalue weighted by atomic mass is 10.1. The highest BCUT2D eigenvalue weighted by Crippen LogP contribution is 2.31. The third-order valence-electron chi connectivity index (χ3n) is 3.76. The summed E-state index contributed by atoms with van der Waals surface area (Å²) in [6.45, 7) is 4.28. The highest BCUT2D eigenvalue weighted by molar-refractivity contribution is 7.89. The zero-order chi connectivity index (χ0) is 14.9. The summed E-state index contributed by atoms with van der Waals surface area (Å²) in [7, 11) is -2.02. The second kappa shape index (κ2) is 5.71. The van der Waals surface area contributed by atoms with E-state index in [1.54, 1.807) is 10.4 Å². The van der Waals surface area contributed by atoms with Crippen LogP contribution in [0.15, 0.2) is 23.1 Å². The summed E-state index contributed by atoms with van der Waals surface area (Å²) in [5, 5.41) is 9.31. The second-order valence-electron chi connectivity index (χ2n) is 5.40. The van der Waals surface area contributed by atoms with Gasteiger partial charge in [0.1, 0.15) is 5.75 Å². The Balaban J connectivity index is 2.39. The molecule has 0 spiro atoms. The molecule has 1 fully saturated rings. The summed E-state index contributed by atoms with van der Waals surface area (Å²) in [6, 6.07) is 4.62. The van der Waals surface area contributed by atoms with E-state index in [-0.39, 0.29) is 17.5 Å². The van der Waals surface area contributed by atoms with Crippen LogP contribution >= 0.6 is 0 Å². The maximum atomic E-state index is 12.7. The molecule has 2 atom stereocenters. The van der Waals surface area contributed by atoms with Crippen molar-refractivity contribution in [3.05, 3.63) is 23.8 Å². The molecule has 0 amide bonds. The average Bonchev–Trinajstić information content (AvgIpc) is 2.77. The zero-order valence-corrected chi connectivity index (χ0v) is 12.9. The quantitative estimate of drug-likeness (QED) is 0.917. The van der Waals surface area contributed by atoms with E-state index in [0.29, 0.717) is 23.8 Å². The van der Waals surface area contributed by atoms with E-state index in [9.17, 15) is 13.5 Å². The molecule has 1 aromatic carbocycles. The van der Waals surface area contributed by atoms with Gasteiger partial charge in [0, 0.05) is 18.2 Å². The van der Waals surface area contributed by atoms with Gasteiger partial charge in [0.05, 0.1) is 18.6 Å². The molecule has 2 rings (SSSR count). The minimum Gasteiger partial charge on any atom is -0.496 e. The fourth-order valence-corrected chi connectivity index (χ4v) is 4.58. The van der Waals surface area contributed by atoms with Crippen molar-refractivity contribution >= 4 is 10.0 Å². The predicted molar refractivity (Wildman–Crippen MR) is 76.1 cm³/mol. The van der Waals surface area contributed by atoms with Crippen LogP contribution in [0.25, 0.3) is 0 Å². The number of hydrogen-bond acceptors (Lipinski definition) is 4. The minimum absolute atomic E-state index is 0.00896. The molecule has 1 saturated heterocycles. The Bertz CT molecular complexity index is 585. The molecule has 20 heavy (non-hydrogen) atoms. The number of hydrogen-bond donors (Lipinski definition) is 1. The number of methoxy groups -OCH3 is 1. The zero-order valence-electron chi connectivity index (χ0n) is 12.0. The Hall–Kier alpha value is -1.11. The van der Waals surface area contributed by atoms with E-state index < -0.39 is 10.0 Å². The Kier molecular flexibility index (Phi) is 4.36. The number of rotatable bonds is 4. The van der Waals surface area contributed by atoms with Gasteiger partial charge in [-0.05, 0) is 37.5 Å². The highest BCUT2D eigenvalue weighted by atomic mass is 32.2. The first-order valence-corrected chi connectivity index (χ1v) is 8.13. The van der Waals surface area contributed by atoms with Crippen molar-refractivity contribution < 1.29 is 18.3 Å². The lowest BCUT2D eigenvalue weighted by Gasteiger charge is -2.21. The van der Waals surface area contributed by atoms with Crippen LogP contribution in [0.5, 0.6) is 5.75 Å². The predicted octanol–water partition coefficient (Wildman–Crippen LogP) is 1.61.